The molecule has 1 heterocycles. The zero-order chi connectivity index (χ0) is 14.8. The number of hydrogen-bond acceptors (Lipinski definition) is 4. The number of hydrogen-bond donors (Lipinski definition) is 2. The van der Waals surface area contributed by atoms with E-state index in [0.717, 1.165) is 24.1 Å². The average molecular weight is 338 g/mol. The molecule has 3 rings (SSSR count). The van der Waals surface area contributed by atoms with Crippen LogP contribution in [-0.4, -0.2) is 16.0 Å². The van der Waals surface area contributed by atoms with E-state index in [1.807, 2.05) is 29.6 Å². The van der Waals surface area contributed by atoms with E-state index in [0.29, 0.717) is 15.3 Å². The molecule has 0 bridgehead atoms. The minimum atomic E-state index is -0.0121. The van der Waals surface area contributed by atoms with Gasteiger partial charge in [0.1, 0.15) is 0 Å². The topological polar surface area (TPSA) is 54.0 Å². The maximum absolute atomic E-state index is 11.6. The molecule has 0 unspecified atom stereocenters. The molecule has 0 atom stereocenters. The number of thiocarbonyl (C=S) groups is 1. The van der Waals surface area contributed by atoms with Gasteiger partial charge in [-0.05, 0) is 37.2 Å². The number of thiazole rings is 1. The molecule has 0 spiro atoms. The number of rotatable bonds is 3. The Labute approximate surface area is 136 Å². The number of halogens is 1. The lowest BCUT2D eigenvalue weighted by atomic mass is 10.2. The van der Waals surface area contributed by atoms with Crippen molar-refractivity contribution in [2.45, 2.75) is 12.8 Å². The van der Waals surface area contributed by atoms with Crippen LogP contribution in [0.25, 0.3) is 11.3 Å². The van der Waals surface area contributed by atoms with Crippen molar-refractivity contribution in [3.63, 3.8) is 0 Å². The molecule has 1 saturated carbocycles. The van der Waals surface area contributed by atoms with E-state index in [-0.39, 0.29) is 11.8 Å². The number of amides is 1. The molecule has 21 heavy (non-hydrogen) atoms. The fourth-order valence-corrected chi connectivity index (χ4v) is 2.88. The Hall–Kier alpha value is -1.50. The first-order chi connectivity index (χ1) is 10.1. The molecule has 0 aliphatic heterocycles. The van der Waals surface area contributed by atoms with Crippen LogP contribution in [-0.2, 0) is 4.79 Å². The minimum absolute atomic E-state index is 0.0121. The van der Waals surface area contributed by atoms with Crippen LogP contribution in [0.1, 0.15) is 12.8 Å². The van der Waals surface area contributed by atoms with Crippen molar-refractivity contribution in [1.82, 2.24) is 10.3 Å². The summed E-state index contributed by atoms with van der Waals surface area (Å²) in [7, 11) is 0. The smallest absolute Gasteiger partial charge is 0.229 e. The number of anilines is 1. The molecule has 1 aliphatic rings. The second kappa shape index (κ2) is 6.09. The summed E-state index contributed by atoms with van der Waals surface area (Å²) in [5, 5.41) is 9.18. The van der Waals surface area contributed by atoms with E-state index < -0.39 is 0 Å². The van der Waals surface area contributed by atoms with Gasteiger partial charge in [-0.1, -0.05) is 23.7 Å². The fraction of sp³-hybridized carbons (Fsp3) is 0.214. The Bertz CT molecular complexity index is 680. The van der Waals surface area contributed by atoms with Crippen LogP contribution in [0.4, 0.5) is 5.13 Å². The highest BCUT2D eigenvalue weighted by Crippen LogP contribution is 2.29. The van der Waals surface area contributed by atoms with Gasteiger partial charge < -0.3 is 10.6 Å². The van der Waals surface area contributed by atoms with E-state index >= 15 is 0 Å². The number of nitrogens with one attached hydrogen (secondary N) is 2. The highest BCUT2D eigenvalue weighted by molar-refractivity contribution is 7.80. The lowest BCUT2D eigenvalue weighted by Gasteiger charge is -2.05. The van der Waals surface area contributed by atoms with E-state index in [9.17, 15) is 4.79 Å². The highest BCUT2D eigenvalue weighted by Gasteiger charge is 2.30. The second-order valence-electron chi connectivity index (χ2n) is 4.76. The van der Waals surface area contributed by atoms with Crippen LogP contribution in [0.15, 0.2) is 29.6 Å². The van der Waals surface area contributed by atoms with Crippen LogP contribution in [0, 0.1) is 5.92 Å². The largest absolute Gasteiger partial charge is 0.308 e. The molecule has 4 nitrogen and oxygen atoms in total. The summed E-state index contributed by atoms with van der Waals surface area (Å²) in [5.41, 5.74) is 1.83. The number of carbonyl (C=O) groups is 1. The third kappa shape index (κ3) is 3.78. The van der Waals surface area contributed by atoms with Gasteiger partial charge in [0.25, 0.3) is 0 Å². The van der Waals surface area contributed by atoms with Crippen LogP contribution >= 0.6 is 35.2 Å². The van der Waals surface area contributed by atoms with E-state index in [4.69, 9.17) is 23.8 Å². The zero-order valence-electron chi connectivity index (χ0n) is 10.9. The van der Waals surface area contributed by atoms with Gasteiger partial charge in [-0.2, -0.15) is 0 Å². The van der Waals surface area contributed by atoms with Gasteiger partial charge in [0.2, 0.25) is 5.91 Å². The van der Waals surface area contributed by atoms with Gasteiger partial charge in [-0.3, -0.25) is 4.79 Å². The third-order valence-corrected chi connectivity index (χ3v) is 4.26. The molecule has 1 aromatic heterocycles. The summed E-state index contributed by atoms with van der Waals surface area (Å²) in [4.78, 5) is 16.0. The maximum Gasteiger partial charge on any atom is 0.229 e. The molecular formula is C14H12ClN3OS2. The summed E-state index contributed by atoms with van der Waals surface area (Å²) in [6.45, 7) is 0. The van der Waals surface area contributed by atoms with Gasteiger partial charge in [0.15, 0.2) is 10.2 Å². The normalized spacial score (nSPS) is 13.8. The summed E-state index contributed by atoms with van der Waals surface area (Å²) < 4.78 is 0. The summed E-state index contributed by atoms with van der Waals surface area (Å²) in [6.07, 6.45) is 1.90. The van der Waals surface area contributed by atoms with Crippen molar-refractivity contribution in [3.05, 3.63) is 34.7 Å². The van der Waals surface area contributed by atoms with Gasteiger partial charge in [0, 0.05) is 21.9 Å². The number of carbonyl (C=O) groups excluding carboxylic acids is 1. The van der Waals surface area contributed by atoms with Crippen molar-refractivity contribution in [2.75, 3.05) is 5.32 Å². The summed E-state index contributed by atoms with van der Waals surface area (Å²) in [6, 6.07) is 7.47. The average Bonchev–Trinajstić information content (AvgIpc) is 3.21. The van der Waals surface area contributed by atoms with Gasteiger partial charge in [-0.25, -0.2) is 4.98 Å². The zero-order valence-corrected chi connectivity index (χ0v) is 13.3. The van der Waals surface area contributed by atoms with Crippen LogP contribution in [0.3, 0.4) is 0 Å². The molecule has 0 radical (unpaired) electrons. The minimum Gasteiger partial charge on any atom is -0.308 e. The first-order valence-corrected chi connectivity index (χ1v) is 8.12. The van der Waals surface area contributed by atoms with Crippen LogP contribution in [0.2, 0.25) is 5.02 Å². The quantitative estimate of drug-likeness (QED) is 0.839. The van der Waals surface area contributed by atoms with Gasteiger partial charge >= 0.3 is 0 Å². The Balaban J connectivity index is 1.63. The van der Waals surface area contributed by atoms with Crippen molar-refractivity contribution < 1.29 is 4.79 Å². The summed E-state index contributed by atoms with van der Waals surface area (Å²) in [5.74, 6) is 0.118. The molecule has 2 N–H and O–H groups in total. The van der Waals surface area contributed by atoms with Crippen LogP contribution < -0.4 is 10.6 Å². The lowest BCUT2D eigenvalue weighted by molar-refractivity contribution is -0.120. The summed E-state index contributed by atoms with van der Waals surface area (Å²) >= 11 is 12.4. The number of benzene rings is 1. The molecule has 108 valence electrons. The highest BCUT2D eigenvalue weighted by atomic mass is 35.5. The predicted octanol–water partition coefficient (Wildman–Crippen LogP) is 3.69. The Morgan fingerprint density at radius 2 is 2.05 bits per heavy atom. The molecule has 0 saturated heterocycles. The number of nitrogens with zero attached hydrogens (tertiary/aromatic N) is 1. The maximum atomic E-state index is 11.6. The first kappa shape index (κ1) is 14.4. The van der Waals surface area contributed by atoms with Crippen molar-refractivity contribution >= 4 is 51.3 Å². The molecule has 7 heteroatoms. The standard InChI is InChI=1S/C14H12ClN3OS2/c15-10-5-3-8(4-6-10)11-7-21-14(16-11)18-13(20)17-12(19)9-1-2-9/h3-7,9H,1-2H2,(H2,16,17,18,19,20). The fourth-order valence-electron chi connectivity index (χ4n) is 1.77. The van der Waals surface area contributed by atoms with Gasteiger partial charge in [0.05, 0.1) is 5.69 Å². The van der Waals surface area contributed by atoms with Crippen molar-refractivity contribution in [2.24, 2.45) is 5.92 Å². The second-order valence-corrected chi connectivity index (χ2v) is 6.47. The Kier molecular flexibility index (Phi) is 4.19. The third-order valence-electron chi connectivity index (χ3n) is 3.05. The van der Waals surface area contributed by atoms with E-state index in [1.165, 1.54) is 11.3 Å². The first-order valence-electron chi connectivity index (χ1n) is 6.45. The molecule has 1 amide bonds. The molecule has 2 aromatic rings. The Morgan fingerprint density at radius 3 is 2.71 bits per heavy atom. The molecule has 1 aliphatic carbocycles. The monoisotopic (exact) mass is 337 g/mol. The van der Waals surface area contributed by atoms with Gasteiger partial charge in [-0.15, -0.1) is 11.3 Å². The van der Waals surface area contributed by atoms with Crippen molar-refractivity contribution in [1.29, 1.82) is 0 Å². The lowest BCUT2D eigenvalue weighted by Crippen LogP contribution is -2.35. The Morgan fingerprint density at radius 1 is 1.33 bits per heavy atom. The van der Waals surface area contributed by atoms with E-state index in [2.05, 4.69) is 15.6 Å². The molecule has 1 fully saturated rings. The molecular weight excluding hydrogens is 326 g/mol. The molecule has 1 aromatic carbocycles. The SMILES string of the molecule is O=C(NC(=S)Nc1nc(-c2ccc(Cl)cc2)cs1)C1CC1. The number of aromatic nitrogens is 1. The van der Waals surface area contributed by atoms with Crippen molar-refractivity contribution in [3.8, 4) is 11.3 Å². The van der Waals surface area contributed by atoms with Crippen LogP contribution in [0.5, 0.6) is 0 Å². The predicted molar refractivity (Wildman–Crippen MR) is 89.6 cm³/mol. The van der Waals surface area contributed by atoms with E-state index in [1.54, 1.807) is 0 Å².